The second-order valence-corrected chi connectivity index (χ2v) is 4.43. The zero-order valence-electron chi connectivity index (χ0n) is 8.91. The number of likely N-dealkylation sites (tertiary alicyclic amines) is 1. The molecule has 0 aliphatic carbocycles. The maximum atomic E-state index is 11.6. The maximum absolute atomic E-state index is 11.6. The summed E-state index contributed by atoms with van der Waals surface area (Å²) < 4.78 is 5.20. The van der Waals surface area contributed by atoms with Crippen molar-refractivity contribution >= 4 is 6.09 Å². The Kier molecular flexibility index (Phi) is 3.00. The highest BCUT2D eigenvalue weighted by Gasteiger charge is 2.35. The second kappa shape index (κ2) is 3.87. The van der Waals surface area contributed by atoms with Crippen molar-refractivity contribution in [3.63, 3.8) is 0 Å². The molecule has 0 aromatic rings. The minimum absolute atomic E-state index is 0.315. The number of rotatable bonds is 0. The van der Waals surface area contributed by atoms with Crippen molar-refractivity contribution in [3.05, 3.63) is 11.4 Å². The van der Waals surface area contributed by atoms with Gasteiger partial charge in [0.1, 0.15) is 5.60 Å². The van der Waals surface area contributed by atoms with Crippen LogP contribution in [0, 0.1) is 6.57 Å². The SMILES string of the molecule is [C-]#[N+]C1CCCN1C(=O)OC(C)(C)C. The van der Waals surface area contributed by atoms with E-state index in [0.717, 1.165) is 12.8 Å². The Bertz CT molecular complexity index is 262. The van der Waals surface area contributed by atoms with Gasteiger partial charge in [-0.05, 0) is 27.2 Å². The molecular formula is C10H16N2O2. The molecule has 0 radical (unpaired) electrons. The van der Waals surface area contributed by atoms with Gasteiger partial charge in [0.2, 0.25) is 0 Å². The Morgan fingerprint density at radius 1 is 1.57 bits per heavy atom. The fraction of sp³-hybridized carbons (Fsp3) is 0.800. The summed E-state index contributed by atoms with van der Waals surface area (Å²) in [5.74, 6) is 0. The average molecular weight is 196 g/mol. The lowest BCUT2D eigenvalue weighted by Gasteiger charge is -2.24. The molecule has 78 valence electrons. The van der Waals surface area contributed by atoms with E-state index in [1.807, 2.05) is 20.8 Å². The molecule has 0 aromatic heterocycles. The van der Waals surface area contributed by atoms with Gasteiger partial charge < -0.3 is 4.74 Å². The van der Waals surface area contributed by atoms with E-state index in [1.54, 1.807) is 0 Å². The molecule has 1 fully saturated rings. The van der Waals surface area contributed by atoms with Crippen LogP contribution in [0.5, 0.6) is 0 Å². The molecule has 0 N–H and O–H groups in total. The molecule has 1 unspecified atom stereocenters. The molecule has 0 aromatic carbocycles. The van der Waals surface area contributed by atoms with Crippen molar-refractivity contribution in [2.75, 3.05) is 6.54 Å². The largest absolute Gasteiger partial charge is 0.444 e. The van der Waals surface area contributed by atoms with E-state index in [1.165, 1.54) is 4.90 Å². The van der Waals surface area contributed by atoms with E-state index in [-0.39, 0.29) is 12.3 Å². The fourth-order valence-corrected chi connectivity index (χ4v) is 1.42. The van der Waals surface area contributed by atoms with Crippen molar-refractivity contribution in [3.8, 4) is 0 Å². The first kappa shape index (κ1) is 10.8. The summed E-state index contributed by atoms with van der Waals surface area (Å²) in [4.78, 5) is 16.5. The zero-order chi connectivity index (χ0) is 10.8. The van der Waals surface area contributed by atoms with E-state index >= 15 is 0 Å². The van der Waals surface area contributed by atoms with Crippen LogP contribution in [-0.2, 0) is 4.74 Å². The van der Waals surface area contributed by atoms with Gasteiger partial charge in [0.25, 0.3) is 0 Å². The minimum Gasteiger partial charge on any atom is -0.444 e. The van der Waals surface area contributed by atoms with Crippen molar-refractivity contribution in [2.24, 2.45) is 0 Å². The van der Waals surface area contributed by atoms with E-state index < -0.39 is 5.60 Å². The van der Waals surface area contributed by atoms with Gasteiger partial charge in [0.05, 0.1) is 0 Å². The van der Waals surface area contributed by atoms with Gasteiger partial charge in [-0.25, -0.2) is 16.3 Å². The Hall–Kier alpha value is -1.24. The molecule has 4 heteroatoms. The third kappa shape index (κ3) is 2.63. The lowest BCUT2D eigenvalue weighted by molar-refractivity contribution is 0.0254. The van der Waals surface area contributed by atoms with Crippen LogP contribution in [0.2, 0.25) is 0 Å². The number of hydrogen-bond donors (Lipinski definition) is 0. The summed E-state index contributed by atoms with van der Waals surface area (Å²) in [6, 6.07) is 0. The molecule has 0 spiro atoms. The standard InChI is InChI=1S/C10H16N2O2/c1-10(2,3)14-9(13)12-7-5-6-8(12)11-4/h8H,5-7H2,1-3H3. The van der Waals surface area contributed by atoms with Crippen LogP contribution in [0.4, 0.5) is 4.79 Å². The molecule has 1 aliphatic rings. The van der Waals surface area contributed by atoms with Crippen LogP contribution in [0.25, 0.3) is 4.85 Å². The van der Waals surface area contributed by atoms with Crippen LogP contribution >= 0.6 is 0 Å². The number of carbonyl (C=O) groups is 1. The highest BCUT2D eigenvalue weighted by molar-refractivity contribution is 5.69. The number of nitrogens with zero attached hydrogens (tertiary/aromatic N) is 2. The molecule has 1 amide bonds. The number of ether oxygens (including phenoxy) is 1. The fourth-order valence-electron chi connectivity index (χ4n) is 1.42. The molecular weight excluding hydrogens is 180 g/mol. The van der Waals surface area contributed by atoms with Crippen molar-refractivity contribution < 1.29 is 9.53 Å². The van der Waals surface area contributed by atoms with Gasteiger partial charge in [0.15, 0.2) is 0 Å². The van der Waals surface area contributed by atoms with Crippen LogP contribution in [0.15, 0.2) is 0 Å². The summed E-state index contributed by atoms with van der Waals surface area (Å²) in [5, 5.41) is 0. The summed E-state index contributed by atoms with van der Waals surface area (Å²) in [5.41, 5.74) is -0.480. The summed E-state index contributed by atoms with van der Waals surface area (Å²) in [7, 11) is 0. The topological polar surface area (TPSA) is 33.9 Å². The van der Waals surface area contributed by atoms with Crippen LogP contribution in [-0.4, -0.2) is 29.3 Å². The summed E-state index contributed by atoms with van der Waals surface area (Å²) in [6.07, 6.45) is 0.982. The smallest absolute Gasteiger partial charge is 0.416 e. The third-order valence-electron chi connectivity index (χ3n) is 2.00. The molecule has 4 nitrogen and oxygen atoms in total. The quantitative estimate of drug-likeness (QED) is 0.557. The van der Waals surface area contributed by atoms with Gasteiger partial charge >= 0.3 is 12.3 Å². The predicted octanol–water partition coefficient (Wildman–Crippen LogP) is 2.26. The Morgan fingerprint density at radius 3 is 2.71 bits per heavy atom. The number of hydrogen-bond acceptors (Lipinski definition) is 2. The average Bonchev–Trinajstić information content (AvgIpc) is 2.47. The van der Waals surface area contributed by atoms with E-state index in [2.05, 4.69) is 4.85 Å². The third-order valence-corrected chi connectivity index (χ3v) is 2.00. The van der Waals surface area contributed by atoms with Gasteiger partial charge in [-0.1, -0.05) is 0 Å². The van der Waals surface area contributed by atoms with E-state index in [9.17, 15) is 4.79 Å². The number of carbonyl (C=O) groups excluding carboxylic acids is 1. The lowest BCUT2D eigenvalue weighted by Crippen LogP contribution is -2.38. The normalized spacial score (nSPS) is 21.9. The van der Waals surface area contributed by atoms with Gasteiger partial charge in [-0.2, -0.15) is 0 Å². The van der Waals surface area contributed by atoms with Crippen molar-refractivity contribution in [1.82, 2.24) is 4.90 Å². The predicted molar refractivity (Wildman–Crippen MR) is 52.6 cm³/mol. The minimum atomic E-state index is -0.480. The Labute approximate surface area is 84.7 Å². The first-order chi connectivity index (χ1) is 6.44. The van der Waals surface area contributed by atoms with Gasteiger partial charge in [0, 0.05) is 13.0 Å². The van der Waals surface area contributed by atoms with Crippen LogP contribution in [0.3, 0.4) is 0 Å². The molecule has 1 heterocycles. The second-order valence-electron chi connectivity index (χ2n) is 4.43. The first-order valence-corrected chi connectivity index (χ1v) is 4.80. The molecule has 1 saturated heterocycles. The van der Waals surface area contributed by atoms with Crippen LogP contribution in [0.1, 0.15) is 33.6 Å². The van der Waals surface area contributed by atoms with Crippen LogP contribution < -0.4 is 0 Å². The van der Waals surface area contributed by atoms with E-state index in [0.29, 0.717) is 6.54 Å². The molecule has 0 saturated carbocycles. The Balaban J connectivity index is 2.57. The lowest BCUT2D eigenvalue weighted by atomic mass is 10.2. The Morgan fingerprint density at radius 2 is 2.21 bits per heavy atom. The van der Waals surface area contributed by atoms with Gasteiger partial charge in [-0.3, -0.25) is 4.85 Å². The van der Waals surface area contributed by atoms with Gasteiger partial charge in [-0.15, -0.1) is 0 Å². The highest BCUT2D eigenvalue weighted by Crippen LogP contribution is 2.21. The molecule has 1 aliphatic heterocycles. The maximum Gasteiger partial charge on any atom is 0.416 e. The van der Waals surface area contributed by atoms with Crippen molar-refractivity contribution in [1.29, 1.82) is 0 Å². The molecule has 1 rings (SSSR count). The van der Waals surface area contributed by atoms with Crippen molar-refractivity contribution in [2.45, 2.75) is 45.4 Å². The summed E-state index contributed by atoms with van der Waals surface area (Å²) >= 11 is 0. The monoisotopic (exact) mass is 196 g/mol. The molecule has 14 heavy (non-hydrogen) atoms. The van der Waals surface area contributed by atoms with E-state index in [4.69, 9.17) is 11.3 Å². The zero-order valence-corrected chi connectivity index (χ0v) is 8.91. The summed E-state index contributed by atoms with van der Waals surface area (Å²) in [6.45, 7) is 13.1. The molecule has 0 bridgehead atoms. The number of amides is 1. The molecule has 1 atom stereocenters. The first-order valence-electron chi connectivity index (χ1n) is 4.80. The highest BCUT2D eigenvalue weighted by atomic mass is 16.6.